The smallest absolute Gasteiger partial charge is 0.323 e. The van der Waals surface area contributed by atoms with Gasteiger partial charge in [0.2, 0.25) is 0 Å². The first kappa shape index (κ1) is 19.2. The normalized spacial score (nSPS) is 21.6. The van der Waals surface area contributed by atoms with Gasteiger partial charge in [0.25, 0.3) is 0 Å². The van der Waals surface area contributed by atoms with Gasteiger partial charge in [-0.3, -0.25) is 9.59 Å². The van der Waals surface area contributed by atoms with Gasteiger partial charge in [-0.15, -0.1) is 0 Å². The molecule has 0 aromatic rings. The van der Waals surface area contributed by atoms with Crippen LogP contribution in [0.25, 0.3) is 0 Å². The molecule has 2 N–H and O–H groups in total. The molecular formula is C18H32N2O4. The number of esters is 2. The van der Waals surface area contributed by atoms with E-state index in [2.05, 4.69) is 10.6 Å². The van der Waals surface area contributed by atoms with Gasteiger partial charge in [0.15, 0.2) is 0 Å². The Hall–Kier alpha value is -1.14. The highest BCUT2D eigenvalue weighted by atomic mass is 16.5. The van der Waals surface area contributed by atoms with Crippen LogP contribution >= 0.6 is 0 Å². The summed E-state index contributed by atoms with van der Waals surface area (Å²) in [5, 5.41) is 6.27. The monoisotopic (exact) mass is 340 g/mol. The van der Waals surface area contributed by atoms with Crippen LogP contribution < -0.4 is 10.6 Å². The third-order valence-corrected chi connectivity index (χ3v) is 4.90. The predicted octanol–water partition coefficient (Wildman–Crippen LogP) is 1.91. The number of hydrogen-bond donors (Lipinski definition) is 2. The molecule has 0 radical (unpaired) electrons. The van der Waals surface area contributed by atoms with Gasteiger partial charge >= 0.3 is 11.9 Å². The average molecular weight is 340 g/mol. The standard InChI is InChI=1S/C18H32N2O4/c1-13(17(21)23-15-7-3-4-8-15)19-11-12-20-14(2)18(22)24-16-9-5-6-10-16/h13-16,19-20H,3-12H2,1-2H3/t13-,14-/m0/s1. The molecule has 138 valence electrons. The number of hydrogen-bond acceptors (Lipinski definition) is 6. The minimum Gasteiger partial charge on any atom is -0.461 e. The van der Waals surface area contributed by atoms with Crippen LogP contribution in [0.15, 0.2) is 0 Å². The minimum atomic E-state index is -0.326. The zero-order valence-electron chi connectivity index (χ0n) is 15.0. The van der Waals surface area contributed by atoms with E-state index in [1.54, 1.807) is 0 Å². The van der Waals surface area contributed by atoms with Crippen molar-refractivity contribution < 1.29 is 19.1 Å². The zero-order valence-corrected chi connectivity index (χ0v) is 15.0. The fraction of sp³-hybridized carbons (Fsp3) is 0.889. The largest absolute Gasteiger partial charge is 0.461 e. The maximum absolute atomic E-state index is 11.9. The van der Waals surface area contributed by atoms with Crippen molar-refractivity contribution in [1.82, 2.24) is 10.6 Å². The highest BCUT2D eigenvalue weighted by Crippen LogP contribution is 2.22. The second-order valence-electron chi connectivity index (χ2n) is 7.04. The molecule has 0 amide bonds. The Morgan fingerprint density at radius 2 is 1.12 bits per heavy atom. The van der Waals surface area contributed by atoms with Crippen molar-refractivity contribution in [3.63, 3.8) is 0 Å². The minimum absolute atomic E-state index is 0.102. The summed E-state index contributed by atoms with van der Waals surface area (Å²) in [5.41, 5.74) is 0. The van der Waals surface area contributed by atoms with Crippen LogP contribution in [0.4, 0.5) is 0 Å². The van der Waals surface area contributed by atoms with Gasteiger partial charge in [-0.05, 0) is 65.2 Å². The molecular weight excluding hydrogens is 308 g/mol. The van der Waals surface area contributed by atoms with Crippen LogP contribution in [0.2, 0.25) is 0 Å². The van der Waals surface area contributed by atoms with Gasteiger partial charge in [-0.25, -0.2) is 0 Å². The Morgan fingerprint density at radius 1 is 0.792 bits per heavy atom. The zero-order chi connectivity index (χ0) is 17.4. The Morgan fingerprint density at radius 3 is 1.46 bits per heavy atom. The molecule has 2 rings (SSSR count). The Balaban J connectivity index is 1.54. The van der Waals surface area contributed by atoms with Gasteiger partial charge in [0, 0.05) is 13.1 Å². The van der Waals surface area contributed by atoms with Gasteiger partial charge < -0.3 is 20.1 Å². The fourth-order valence-electron chi connectivity index (χ4n) is 3.29. The SMILES string of the molecule is C[C@H](NCCN[C@@H](C)C(=O)OC1CCCC1)C(=O)OC1CCCC1. The number of carbonyl (C=O) groups excluding carboxylic acids is 2. The van der Waals surface area contributed by atoms with Crippen LogP contribution in [0.5, 0.6) is 0 Å². The van der Waals surface area contributed by atoms with Crippen molar-refractivity contribution in [1.29, 1.82) is 0 Å². The molecule has 24 heavy (non-hydrogen) atoms. The van der Waals surface area contributed by atoms with Gasteiger partial charge in [0.1, 0.15) is 24.3 Å². The van der Waals surface area contributed by atoms with Crippen LogP contribution in [0.3, 0.4) is 0 Å². The topological polar surface area (TPSA) is 76.7 Å². The molecule has 0 aliphatic heterocycles. The molecule has 0 aromatic carbocycles. The molecule has 0 bridgehead atoms. The fourth-order valence-corrected chi connectivity index (χ4v) is 3.29. The number of ether oxygens (including phenoxy) is 2. The molecule has 2 fully saturated rings. The van der Waals surface area contributed by atoms with Crippen molar-refractivity contribution in [2.24, 2.45) is 0 Å². The van der Waals surface area contributed by atoms with E-state index in [0.29, 0.717) is 13.1 Å². The third-order valence-electron chi connectivity index (χ3n) is 4.90. The van der Waals surface area contributed by atoms with E-state index >= 15 is 0 Å². The van der Waals surface area contributed by atoms with Crippen molar-refractivity contribution >= 4 is 11.9 Å². The lowest BCUT2D eigenvalue weighted by Crippen LogP contribution is -2.44. The van der Waals surface area contributed by atoms with Gasteiger partial charge in [0.05, 0.1) is 0 Å². The van der Waals surface area contributed by atoms with Gasteiger partial charge in [-0.2, -0.15) is 0 Å². The molecule has 0 saturated heterocycles. The molecule has 6 heteroatoms. The van der Waals surface area contributed by atoms with E-state index in [9.17, 15) is 9.59 Å². The highest BCUT2D eigenvalue weighted by Gasteiger charge is 2.24. The summed E-state index contributed by atoms with van der Waals surface area (Å²) in [6, 6.07) is -0.652. The number of nitrogens with one attached hydrogen (secondary N) is 2. The van der Waals surface area contributed by atoms with Crippen molar-refractivity contribution in [2.45, 2.75) is 89.5 Å². The molecule has 0 unspecified atom stereocenters. The lowest BCUT2D eigenvalue weighted by atomic mass is 10.3. The first-order valence-electron chi connectivity index (χ1n) is 9.44. The molecule has 0 spiro atoms. The van der Waals surface area contributed by atoms with E-state index in [1.165, 1.54) is 0 Å². The van der Waals surface area contributed by atoms with E-state index in [1.807, 2.05) is 13.8 Å². The van der Waals surface area contributed by atoms with E-state index in [4.69, 9.17) is 9.47 Å². The van der Waals surface area contributed by atoms with Crippen molar-refractivity contribution in [3.05, 3.63) is 0 Å². The quantitative estimate of drug-likeness (QED) is 0.493. The van der Waals surface area contributed by atoms with E-state index in [0.717, 1.165) is 51.4 Å². The lowest BCUT2D eigenvalue weighted by molar-refractivity contribution is -0.152. The van der Waals surface area contributed by atoms with Crippen LogP contribution in [-0.4, -0.2) is 49.3 Å². The Bertz CT molecular complexity index is 366. The summed E-state index contributed by atoms with van der Waals surface area (Å²) >= 11 is 0. The summed E-state index contributed by atoms with van der Waals surface area (Å²) in [5.74, 6) is -0.369. The number of carbonyl (C=O) groups is 2. The molecule has 0 aromatic heterocycles. The number of rotatable bonds is 9. The Labute approximate surface area is 145 Å². The van der Waals surface area contributed by atoms with E-state index in [-0.39, 0.29) is 36.2 Å². The van der Waals surface area contributed by atoms with Crippen LogP contribution in [-0.2, 0) is 19.1 Å². The Kier molecular flexibility index (Phi) is 7.99. The second kappa shape index (κ2) is 9.99. The maximum Gasteiger partial charge on any atom is 0.323 e. The highest BCUT2D eigenvalue weighted by molar-refractivity contribution is 5.76. The molecule has 6 nitrogen and oxygen atoms in total. The molecule has 2 atom stereocenters. The molecule has 0 heterocycles. The second-order valence-corrected chi connectivity index (χ2v) is 7.04. The van der Waals surface area contributed by atoms with Crippen molar-refractivity contribution in [2.75, 3.05) is 13.1 Å². The lowest BCUT2D eigenvalue weighted by Gasteiger charge is -2.19. The first-order chi connectivity index (χ1) is 11.6. The summed E-state index contributed by atoms with van der Waals surface area (Å²) in [6.07, 6.45) is 8.76. The maximum atomic E-state index is 11.9. The summed E-state index contributed by atoms with van der Waals surface area (Å²) in [7, 11) is 0. The van der Waals surface area contributed by atoms with Crippen molar-refractivity contribution in [3.8, 4) is 0 Å². The van der Waals surface area contributed by atoms with E-state index < -0.39 is 0 Å². The molecule has 2 saturated carbocycles. The predicted molar refractivity (Wildman–Crippen MR) is 91.6 cm³/mol. The van der Waals surface area contributed by atoms with Gasteiger partial charge in [-0.1, -0.05) is 0 Å². The molecule has 2 aliphatic rings. The van der Waals surface area contributed by atoms with Crippen LogP contribution in [0, 0.1) is 0 Å². The average Bonchev–Trinajstić information content (AvgIpc) is 3.24. The summed E-state index contributed by atoms with van der Waals surface area (Å²) < 4.78 is 10.9. The first-order valence-corrected chi connectivity index (χ1v) is 9.44. The molecule has 2 aliphatic carbocycles. The third kappa shape index (κ3) is 6.40. The van der Waals surface area contributed by atoms with Crippen LogP contribution in [0.1, 0.15) is 65.2 Å². The summed E-state index contributed by atoms with van der Waals surface area (Å²) in [4.78, 5) is 23.9. The summed E-state index contributed by atoms with van der Waals surface area (Å²) in [6.45, 7) is 4.83.